The molecule has 1 atom stereocenters. The molecule has 2 rings (SSSR count). The third-order valence-electron chi connectivity index (χ3n) is 4.73. The van der Waals surface area contributed by atoms with Gasteiger partial charge in [-0.05, 0) is 51.3 Å². The maximum Gasteiger partial charge on any atom is 0.118 e. The minimum absolute atomic E-state index is 0.0632. The number of likely N-dealkylation sites (N-methyl/N-ethyl adjacent to an activating group) is 1. The summed E-state index contributed by atoms with van der Waals surface area (Å²) in [5, 5.41) is 0. The highest BCUT2D eigenvalue weighted by Crippen LogP contribution is 2.55. The Bertz CT molecular complexity index is 395. The van der Waals surface area contributed by atoms with E-state index >= 15 is 0 Å². The summed E-state index contributed by atoms with van der Waals surface area (Å²) in [6, 6.07) is 4.07. The molecule has 2 N–H and O–H groups in total. The van der Waals surface area contributed by atoms with E-state index in [1.165, 1.54) is 12.8 Å². The number of rotatable bonds is 5. The molecule has 0 radical (unpaired) electrons. The second-order valence-electron chi connectivity index (χ2n) is 5.91. The zero-order chi connectivity index (χ0) is 12.7. The zero-order valence-electron chi connectivity index (χ0n) is 11.4. The molecule has 0 bridgehead atoms. The Labute approximate surface area is 104 Å². The van der Waals surface area contributed by atoms with Crippen LogP contribution in [0.1, 0.15) is 38.2 Å². The molecule has 1 aliphatic carbocycles. The number of furan rings is 1. The minimum Gasteiger partial charge on any atom is -0.465 e. The molecule has 1 aliphatic rings. The van der Waals surface area contributed by atoms with Crippen molar-refractivity contribution >= 4 is 0 Å². The van der Waals surface area contributed by atoms with E-state index in [0.29, 0.717) is 12.0 Å². The van der Waals surface area contributed by atoms with Crippen LogP contribution in [0, 0.1) is 12.3 Å². The van der Waals surface area contributed by atoms with Gasteiger partial charge in [-0.1, -0.05) is 6.92 Å². The molecule has 3 nitrogen and oxygen atoms in total. The number of nitrogens with zero attached hydrogens (tertiary/aromatic N) is 1. The van der Waals surface area contributed by atoms with Crippen molar-refractivity contribution in [3.05, 3.63) is 23.7 Å². The van der Waals surface area contributed by atoms with Crippen LogP contribution in [0.3, 0.4) is 0 Å². The van der Waals surface area contributed by atoms with Crippen LogP contribution in [0.4, 0.5) is 0 Å². The van der Waals surface area contributed by atoms with Gasteiger partial charge in [-0.2, -0.15) is 0 Å². The van der Waals surface area contributed by atoms with E-state index in [4.69, 9.17) is 10.2 Å². The van der Waals surface area contributed by atoms with Crippen LogP contribution in [0.5, 0.6) is 0 Å². The van der Waals surface area contributed by atoms with Crippen LogP contribution in [0.2, 0.25) is 0 Å². The molecule has 0 amide bonds. The van der Waals surface area contributed by atoms with Gasteiger partial charge in [0.1, 0.15) is 11.5 Å². The normalized spacial score (nSPS) is 21.5. The molecule has 96 valence electrons. The van der Waals surface area contributed by atoms with Crippen molar-refractivity contribution in [3.8, 4) is 0 Å². The molecule has 0 spiro atoms. The van der Waals surface area contributed by atoms with E-state index in [1.54, 1.807) is 0 Å². The molecule has 1 saturated carbocycles. The number of hydrogen-bond donors (Lipinski definition) is 1. The van der Waals surface area contributed by atoms with Crippen molar-refractivity contribution in [2.45, 2.75) is 45.7 Å². The van der Waals surface area contributed by atoms with Gasteiger partial charge in [0.05, 0.1) is 6.54 Å². The fourth-order valence-electron chi connectivity index (χ4n) is 2.57. The average Bonchev–Trinajstić information content (AvgIpc) is 2.92. The molecule has 1 aromatic rings. The second-order valence-corrected chi connectivity index (χ2v) is 5.91. The fourth-order valence-corrected chi connectivity index (χ4v) is 2.57. The van der Waals surface area contributed by atoms with Crippen LogP contribution >= 0.6 is 0 Å². The molecule has 0 aliphatic heterocycles. The summed E-state index contributed by atoms with van der Waals surface area (Å²) in [6.45, 7) is 8.12. The maximum absolute atomic E-state index is 6.02. The first-order chi connectivity index (χ1) is 7.91. The molecule has 1 aromatic heterocycles. The third-order valence-corrected chi connectivity index (χ3v) is 4.73. The lowest BCUT2D eigenvalue weighted by molar-refractivity contribution is 0.0598. The number of nitrogens with two attached hydrogens (primary N) is 1. The molecule has 1 fully saturated rings. The predicted octanol–water partition coefficient (Wildman–Crippen LogP) is 2.54. The van der Waals surface area contributed by atoms with Gasteiger partial charge in [0.25, 0.3) is 0 Å². The third kappa shape index (κ3) is 2.14. The minimum atomic E-state index is 0.0632. The molecule has 1 unspecified atom stereocenters. The summed E-state index contributed by atoms with van der Waals surface area (Å²) >= 11 is 0. The van der Waals surface area contributed by atoms with Crippen molar-refractivity contribution < 1.29 is 4.42 Å². The van der Waals surface area contributed by atoms with E-state index < -0.39 is 0 Å². The Morgan fingerprint density at radius 1 is 1.47 bits per heavy atom. The van der Waals surface area contributed by atoms with Gasteiger partial charge in [-0.3, -0.25) is 4.90 Å². The molecule has 0 saturated heterocycles. The quantitative estimate of drug-likeness (QED) is 0.854. The van der Waals surface area contributed by atoms with Crippen LogP contribution in [-0.4, -0.2) is 24.0 Å². The Hall–Kier alpha value is -0.800. The van der Waals surface area contributed by atoms with Gasteiger partial charge >= 0.3 is 0 Å². The first kappa shape index (κ1) is 12.7. The van der Waals surface area contributed by atoms with Gasteiger partial charge in [-0.25, -0.2) is 0 Å². The lowest BCUT2D eigenvalue weighted by Crippen LogP contribution is -2.54. The molecule has 1 heterocycles. The van der Waals surface area contributed by atoms with Crippen molar-refractivity contribution in [1.29, 1.82) is 0 Å². The highest BCUT2D eigenvalue weighted by molar-refractivity contribution is 5.11. The average molecular weight is 236 g/mol. The summed E-state index contributed by atoms with van der Waals surface area (Å²) in [5.41, 5.74) is 6.46. The predicted molar refractivity (Wildman–Crippen MR) is 69.7 cm³/mol. The van der Waals surface area contributed by atoms with E-state index in [-0.39, 0.29) is 5.54 Å². The van der Waals surface area contributed by atoms with Gasteiger partial charge in [0.15, 0.2) is 0 Å². The second kappa shape index (κ2) is 4.14. The van der Waals surface area contributed by atoms with Crippen molar-refractivity contribution in [3.63, 3.8) is 0 Å². The van der Waals surface area contributed by atoms with Gasteiger partial charge < -0.3 is 10.2 Å². The van der Waals surface area contributed by atoms with Gasteiger partial charge in [0.2, 0.25) is 0 Å². The van der Waals surface area contributed by atoms with Gasteiger partial charge in [0, 0.05) is 12.1 Å². The molecule has 0 aromatic carbocycles. The Balaban J connectivity index is 2.10. The largest absolute Gasteiger partial charge is 0.465 e. The molecular weight excluding hydrogens is 212 g/mol. The SMILES string of the molecule is Cc1ccc(CN(C)C(C)(CN)C2(C)CC2)o1. The van der Waals surface area contributed by atoms with E-state index in [9.17, 15) is 0 Å². The number of aryl methyl sites for hydroxylation is 1. The summed E-state index contributed by atoms with van der Waals surface area (Å²) in [6.07, 6.45) is 2.56. The maximum atomic E-state index is 6.02. The Morgan fingerprint density at radius 3 is 2.53 bits per heavy atom. The topological polar surface area (TPSA) is 42.4 Å². The summed E-state index contributed by atoms with van der Waals surface area (Å²) in [7, 11) is 2.15. The summed E-state index contributed by atoms with van der Waals surface area (Å²) in [4.78, 5) is 2.35. The smallest absolute Gasteiger partial charge is 0.118 e. The van der Waals surface area contributed by atoms with E-state index in [1.807, 2.05) is 13.0 Å². The highest BCUT2D eigenvalue weighted by Gasteiger charge is 2.54. The highest BCUT2D eigenvalue weighted by atomic mass is 16.3. The van der Waals surface area contributed by atoms with Crippen molar-refractivity contribution in [2.24, 2.45) is 11.1 Å². The van der Waals surface area contributed by atoms with E-state index in [0.717, 1.165) is 18.1 Å². The first-order valence-electron chi connectivity index (χ1n) is 6.38. The van der Waals surface area contributed by atoms with Crippen LogP contribution in [-0.2, 0) is 6.54 Å². The summed E-state index contributed by atoms with van der Waals surface area (Å²) < 4.78 is 5.64. The Kier molecular flexibility index (Phi) is 3.08. The zero-order valence-corrected chi connectivity index (χ0v) is 11.4. The van der Waals surface area contributed by atoms with Crippen LogP contribution < -0.4 is 5.73 Å². The van der Waals surface area contributed by atoms with Crippen molar-refractivity contribution in [2.75, 3.05) is 13.6 Å². The molecular formula is C14H24N2O. The summed E-state index contributed by atoms with van der Waals surface area (Å²) in [5.74, 6) is 1.99. The number of hydrogen-bond acceptors (Lipinski definition) is 3. The van der Waals surface area contributed by atoms with Gasteiger partial charge in [-0.15, -0.1) is 0 Å². The van der Waals surface area contributed by atoms with Crippen LogP contribution in [0.15, 0.2) is 16.5 Å². The lowest BCUT2D eigenvalue weighted by Gasteiger charge is -2.43. The first-order valence-corrected chi connectivity index (χ1v) is 6.38. The monoisotopic (exact) mass is 236 g/mol. The fraction of sp³-hybridized carbons (Fsp3) is 0.714. The van der Waals surface area contributed by atoms with Crippen molar-refractivity contribution in [1.82, 2.24) is 4.90 Å². The molecule has 17 heavy (non-hydrogen) atoms. The van der Waals surface area contributed by atoms with Crippen LogP contribution in [0.25, 0.3) is 0 Å². The van der Waals surface area contributed by atoms with E-state index in [2.05, 4.69) is 31.9 Å². The standard InChI is InChI=1S/C14H24N2O/c1-11-5-6-12(17-11)9-16(4)14(3,10-15)13(2)7-8-13/h5-6H,7-10,15H2,1-4H3. The Morgan fingerprint density at radius 2 is 2.12 bits per heavy atom. The molecule has 3 heteroatoms. The lowest BCUT2D eigenvalue weighted by atomic mass is 9.82.